The Bertz CT molecular complexity index is 591. The number of nitrogens with zero attached hydrogens (tertiary/aromatic N) is 1. The lowest BCUT2D eigenvalue weighted by atomic mass is 10.00. The monoisotopic (exact) mass is 260 g/mol. The van der Waals surface area contributed by atoms with E-state index in [1.54, 1.807) is 23.6 Å². The van der Waals surface area contributed by atoms with Gasteiger partial charge in [-0.2, -0.15) is 0 Å². The molecule has 0 aliphatic rings. The van der Waals surface area contributed by atoms with E-state index >= 15 is 0 Å². The van der Waals surface area contributed by atoms with Crippen molar-refractivity contribution < 1.29 is 15.0 Å². The van der Waals surface area contributed by atoms with Crippen LogP contribution in [0.1, 0.15) is 11.1 Å². The molecule has 1 atom stereocenters. The predicted octanol–water partition coefficient (Wildman–Crippen LogP) is 1.45. The van der Waals surface area contributed by atoms with Crippen molar-refractivity contribution in [1.82, 2.24) is 4.57 Å². The molecule has 2 aromatic rings. The minimum absolute atomic E-state index is 0.145. The Labute approximate surface area is 110 Å². The van der Waals surface area contributed by atoms with Crippen LogP contribution in [0.15, 0.2) is 36.7 Å². The van der Waals surface area contributed by atoms with Gasteiger partial charge in [-0.3, -0.25) is 4.79 Å². The first kappa shape index (κ1) is 13.2. The molecule has 1 unspecified atom stereocenters. The topological polar surface area (TPSA) is 88.5 Å². The molecule has 0 aliphatic heterocycles. The van der Waals surface area contributed by atoms with Gasteiger partial charge in [0.05, 0.1) is 5.69 Å². The molecular formula is C14H16N2O3. The Morgan fingerprint density at radius 3 is 2.58 bits per heavy atom. The Morgan fingerprint density at radius 2 is 2.00 bits per heavy atom. The average Bonchev–Trinajstić information content (AvgIpc) is 2.88. The van der Waals surface area contributed by atoms with Crippen molar-refractivity contribution in [3.05, 3.63) is 47.8 Å². The second-order valence-electron chi connectivity index (χ2n) is 4.46. The molecule has 100 valence electrons. The SMILES string of the molecule is Cc1c(CC(N)C(=O)O)ccc(-n2cccc2)c1O. The number of phenols is 1. The van der Waals surface area contributed by atoms with Gasteiger partial charge in [0.15, 0.2) is 0 Å². The molecule has 0 saturated heterocycles. The van der Waals surface area contributed by atoms with E-state index < -0.39 is 12.0 Å². The van der Waals surface area contributed by atoms with Gasteiger partial charge in [-0.1, -0.05) is 6.07 Å². The molecule has 0 spiro atoms. The summed E-state index contributed by atoms with van der Waals surface area (Å²) in [7, 11) is 0. The Kier molecular flexibility index (Phi) is 3.57. The molecule has 0 aliphatic carbocycles. The summed E-state index contributed by atoms with van der Waals surface area (Å²) in [6.07, 6.45) is 3.86. The van der Waals surface area contributed by atoms with Crippen LogP contribution in [0, 0.1) is 6.92 Å². The van der Waals surface area contributed by atoms with Gasteiger partial charge in [0, 0.05) is 12.4 Å². The molecule has 1 aromatic carbocycles. The van der Waals surface area contributed by atoms with Gasteiger partial charge in [0.2, 0.25) is 0 Å². The van der Waals surface area contributed by atoms with E-state index in [9.17, 15) is 9.90 Å². The zero-order chi connectivity index (χ0) is 14.0. The number of benzene rings is 1. The van der Waals surface area contributed by atoms with Gasteiger partial charge < -0.3 is 20.5 Å². The van der Waals surface area contributed by atoms with Crippen LogP contribution in [-0.2, 0) is 11.2 Å². The Hall–Kier alpha value is -2.27. The minimum atomic E-state index is -1.05. The number of hydrogen-bond acceptors (Lipinski definition) is 3. The fraction of sp³-hybridized carbons (Fsp3) is 0.214. The standard InChI is InChI=1S/C14H16N2O3/c1-9-10(8-11(15)14(18)19)4-5-12(13(9)17)16-6-2-3-7-16/h2-7,11,17H,8,15H2,1H3,(H,18,19). The average molecular weight is 260 g/mol. The molecule has 0 bridgehead atoms. The largest absolute Gasteiger partial charge is 0.505 e. The zero-order valence-electron chi connectivity index (χ0n) is 10.6. The van der Waals surface area contributed by atoms with Gasteiger partial charge >= 0.3 is 5.97 Å². The van der Waals surface area contributed by atoms with Crippen LogP contribution < -0.4 is 5.73 Å². The molecule has 5 nitrogen and oxygen atoms in total. The van der Waals surface area contributed by atoms with Crippen LogP contribution in [0.3, 0.4) is 0 Å². The molecule has 1 heterocycles. The molecule has 5 heteroatoms. The normalized spacial score (nSPS) is 12.3. The highest BCUT2D eigenvalue weighted by molar-refractivity contribution is 5.73. The number of aromatic nitrogens is 1. The van der Waals surface area contributed by atoms with Gasteiger partial charge in [0.1, 0.15) is 11.8 Å². The van der Waals surface area contributed by atoms with E-state index in [-0.39, 0.29) is 12.2 Å². The second kappa shape index (κ2) is 5.16. The Balaban J connectivity index is 2.35. The molecule has 0 radical (unpaired) electrons. The van der Waals surface area contributed by atoms with E-state index in [0.717, 1.165) is 5.56 Å². The summed E-state index contributed by atoms with van der Waals surface area (Å²) in [5.74, 6) is -0.903. The third-order valence-electron chi connectivity index (χ3n) is 3.16. The number of carboxylic acids is 1. The number of carbonyl (C=O) groups is 1. The molecule has 2 rings (SSSR count). The van der Waals surface area contributed by atoms with Crippen LogP contribution >= 0.6 is 0 Å². The van der Waals surface area contributed by atoms with Crippen molar-refractivity contribution in [3.8, 4) is 11.4 Å². The van der Waals surface area contributed by atoms with E-state index in [1.165, 1.54) is 0 Å². The first-order valence-electron chi connectivity index (χ1n) is 5.94. The van der Waals surface area contributed by atoms with E-state index in [0.29, 0.717) is 11.3 Å². The second-order valence-corrected chi connectivity index (χ2v) is 4.46. The van der Waals surface area contributed by atoms with Crippen LogP contribution in [0.5, 0.6) is 5.75 Å². The maximum absolute atomic E-state index is 10.8. The van der Waals surface area contributed by atoms with E-state index in [1.807, 2.05) is 24.5 Å². The third-order valence-corrected chi connectivity index (χ3v) is 3.16. The summed E-state index contributed by atoms with van der Waals surface area (Å²) in [5, 5.41) is 19.0. The molecular weight excluding hydrogens is 244 g/mol. The Morgan fingerprint density at radius 1 is 1.37 bits per heavy atom. The summed E-state index contributed by atoms with van der Waals surface area (Å²) in [6, 6.07) is 6.32. The summed E-state index contributed by atoms with van der Waals surface area (Å²) in [5.41, 5.74) is 7.57. The maximum atomic E-state index is 10.8. The van der Waals surface area contributed by atoms with Crippen LogP contribution in [0.25, 0.3) is 5.69 Å². The maximum Gasteiger partial charge on any atom is 0.320 e. The first-order chi connectivity index (χ1) is 9.00. The zero-order valence-corrected chi connectivity index (χ0v) is 10.6. The highest BCUT2D eigenvalue weighted by Gasteiger charge is 2.16. The number of aromatic hydroxyl groups is 1. The number of hydrogen-bond donors (Lipinski definition) is 3. The molecule has 0 saturated carbocycles. The van der Waals surface area contributed by atoms with Crippen LogP contribution in [0.2, 0.25) is 0 Å². The van der Waals surface area contributed by atoms with Gasteiger partial charge in [-0.05, 0) is 42.7 Å². The van der Waals surface area contributed by atoms with Crippen LogP contribution in [0.4, 0.5) is 0 Å². The number of aliphatic carboxylic acids is 1. The van der Waals surface area contributed by atoms with Gasteiger partial charge in [0.25, 0.3) is 0 Å². The van der Waals surface area contributed by atoms with Crippen LogP contribution in [-0.4, -0.2) is 26.8 Å². The smallest absolute Gasteiger partial charge is 0.320 e. The molecule has 4 N–H and O–H groups in total. The number of rotatable bonds is 4. The molecule has 0 amide bonds. The van der Waals surface area contributed by atoms with Gasteiger partial charge in [-0.15, -0.1) is 0 Å². The van der Waals surface area contributed by atoms with Gasteiger partial charge in [-0.25, -0.2) is 0 Å². The summed E-state index contributed by atoms with van der Waals surface area (Å²) < 4.78 is 1.79. The van der Waals surface area contributed by atoms with Crippen molar-refractivity contribution >= 4 is 5.97 Å². The number of carboxylic acid groups (broad SMARTS) is 1. The van der Waals surface area contributed by atoms with E-state index in [2.05, 4.69) is 0 Å². The lowest BCUT2D eigenvalue weighted by Crippen LogP contribution is -2.32. The lowest BCUT2D eigenvalue weighted by Gasteiger charge is -2.14. The fourth-order valence-electron chi connectivity index (χ4n) is 1.98. The van der Waals surface area contributed by atoms with E-state index in [4.69, 9.17) is 10.8 Å². The molecule has 1 aromatic heterocycles. The van der Waals surface area contributed by atoms with Crippen molar-refractivity contribution in [1.29, 1.82) is 0 Å². The lowest BCUT2D eigenvalue weighted by molar-refractivity contribution is -0.138. The van der Waals surface area contributed by atoms with Crippen molar-refractivity contribution in [2.75, 3.05) is 0 Å². The number of phenolic OH excluding ortho intramolecular Hbond substituents is 1. The van der Waals surface area contributed by atoms with Crippen molar-refractivity contribution in [2.45, 2.75) is 19.4 Å². The summed E-state index contributed by atoms with van der Waals surface area (Å²) in [6.45, 7) is 1.76. The summed E-state index contributed by atoms with van der Waals surface area (Å²) >= 11 is 0. The highest BCUT2D eigenvalue weighted by Crippen LogP contribution is 2.29. The quantitative estimate of drug-likeness (QED) is 0.776. The summed E-state index contributed by atoms with van der Waals surface area (Å²) in [4.78, 5) is 10.8. The highest BCUT2D eigenvalue weighted by atomic mass is 16.4. The first-order valence-corrected chi connectivity index (χ1v) is 5.94. The predicted molar refractivity (Wildman–Crippen MR) is 71.5 cm³/mol. The number of nitrogens with two attached hydrogens (primary N) is 1. The fourth-order valence-corrected chi connectivity index (χ4v) is 1.98. The third kappa shape index (κ3) is 2.61. The minimum Gasteiger partial charge on any atom is -0.505 e. The molecule has 0 fully saturated rings. The van der Waals surface area contributed by atoms with Crippen molar-refractivity contribution in [2.24, 2.45) is 5.73 Å². The van der Waals surface area contributed by atoms with Crippen molar-refractivity contribution in [3.63, 3.8) is 0 Å². The molecule has 19 heavy (non-hydrogen) atoms.